The molecular formula is C22H27Cl2N3O4S. The number of aryl methyl sites for hydroxylation is 1. The molecule has 7 nitrogen and oxygen atoms in total. The molecule has 0 aliphatic heterocycles. The van der Waals surface area contributed by atoms with Crippen molar-refractivity contribution in [3.8, 4) is 0 Å². The summed E-state index contributed by atoms with van der Waals surface area (Å²) >= 11 is 12.1. The van der Waals surface area contributed by atoms with E-state index in [1.165, 1.54) is 31.1 Å². The van der Waals surface area contributed by atoms with Crippen molar-refractivity contribution in [1.82, 2.24) is 14.5 Å². The van der Waals surface area contributed by atoms with Gasteiger partial charge in [-0.05, 0) is 43.2 Å². The number of hydrogen-bond donors (Lipinski definition) is 1. The molecule has 32 heavy (non-hydrogen) atoms. The summed E-state index contributed by atoms with van der Waals surface area (Å²) in [7, 11) is -1.06. The summed E-state index contributed by atoms with van der Waals surface area (Å²) in [6.45, 7) is 3.28. The summed E-state index contributed by atoms with van der Waals surface area (Å²) in [5.41, 5.74) is 1.59. The largest absolute Gasteiger partial charge is 0.357 e. The summed E-state index contributed by atoms with van der Waals surface area (Å²) in [4.78, 5) is 27.1. The maximum atomic E-state index is 13.2. The monoisotopic (exact) mass is 499 g/mol. The number of halogens is 2. The molecular weight excluding hydrogens is 473 g/mol. The van der Waals surface area contributed by atoms with Crippen LogP contribution in [-0.2, 0) is 26.2 Å². The van der Waals surface area contributed by atoms with Gasteiger partial charge >= 0.3 is 0 Å². The quantitative estimate of drug-likeness (QED) is 0.571. The molecule has 0 saturated heterocycles. The van der Waals surface area contributed by atoms with Gasteiger partial charge in [0.1, 0.15) is 6.04 Å². The molecule has 0 heterocycles. The van der Waals surface area contributed by atoms with Gasteiger partial charge in [0.25, 0.3) is 0 Å². The zero-order chi connectivity index (χ0) is 24.1. The summed E-state index contributed by atoms with van der Waals surface area (Å²) in [6, 6.07) is 10.5. The molecule has 0 saturated carbocycles. The Bertz CT molecular complexity index is 1080. The second-order valence-corrected chi connectivity index (χ2v) is 10.2. The molecule has 2 aromatic carbocycles. The van der Waals surface area contributed by atoms with Crippen LogP contribution in [0.2, 0.25) is 10.0 Å². The van der Waals surface area contributed by atoms with Gasteiger partial charge in [-0.2, -0.15) is 4.31 Å². The lowest BCUT2D eigenvalue weighted by molar-refractivity contribution is -0.141. The van der Waals surface area contributed by atoms with E-state index < -0.39 is 28.5 Å². The minimum atomic E-state index is -3.88. The van der Waals surface area contributed by atoms with Gasteiger partial charge in [0.15, 0.2) is 0 Å². The predicted molar refractivity (Wildman–Crippen MR) is 126 cm³/mol. The fourth-order valence-electron chi connectivity index (χ4n) is 3.18. The topological polar surface area (TPSA) is 86.8 Å². The molecule has 174 valence electrons. The summed E-state index contributed by atoms with van der Waals surface area (Å²) in [6.07, 6.45) is 0.348. The van der Waals surface area contributed by atoms with Crippen LogP contribution in [0.1, 0.15) is 24.5 Å². The first-order valence-electron chi connectivity index (χ1n) is 9.99. The molecule has 1 N–H and O–H groups in total. The highest BCUT2D eigenvalue weighted by molar-refractivity contribution is 7.89. The number of nitrogens with one attached hydrogen (secondary N) is 1. The third kappa shape index (κ3) is 6.22. The van der Waals surface area contributed by atoms with Crippen LogP contribution in [-0.4, -0.2) is 56.1 Å². The van der Waals surface area contributed by atoms with Gasteiger partial charge in [0, 0.05) is 20.6 Å². The minimum Gasteiger partial charge on any atom is -0.357 e. The van der Waals surface area contributed by atoms with Gasteiger partial charge in [-0.3, -0.25) is 9.59 Å². The first-order valence-corrected chi connectivity index (χ1v) is 12.2. The van der Waals surface area contributed by atoms with Gasteiger partial charge in [0.2, 0.25) is 21.8 Å². The second-order valence-electron chi connectivity index (χ2n) is 7.38. The fraction of sp³-hybridized carbons (Fsp3) is 0.364. The zero-order valence-electron chi connectivity index (χ0n) is 18.4. The molecule has 0 aliphatic carbocycles. The SMILES string of the molecule is CCC(C(=O)NC)N(Cc1ccc(Cl)c(Cl)c1)C(=O)CN(C)S(=O)(=O)c1ccc(C)cc1. The van der Waals surface area contributed by atoms with Crippen LogP contribution in [0.15, 0.2) is 47.4 Å². The third-order valence-electron chi connectivity index (χ3n) is 5.06. The summed E-state index contributed by atoms with van der Waals surface area (Å²) in [5.74, 6) is -0.852. The van der Waals surface area contributed by atoms with E-state index in [9.17, 15) is 18.0 Å². The van der Waals surface area contributed by atoms with Gasteiger partial charge < -0.3 is 10.2 Å². The number of hydrogen-bond acceptors (Lipinski definition) is 4. The molecule has 2 amide bonds. The number of carbonyl (C=O) groups excluding carboxylic acids is 2. The van der Waals surface area contributed by atoms with E-state index in [4.69, 9.17) is 23.2 Å². The lowest BCUT2D eigenvalue weighted by Crippen LogP contribution is -2.51. The van der Waals surface area contributed by atoms with E-state index in [0.717, 1.165) is 9.87 Å². The number of rotatable bonds is 9. The van der Waals surface area contributed by atoms with Crippen LogP contribution in [0.3, 0.4) is 0 Å². The molecule has 1 atom stereocenters. The highest BCUT2D eigenvalue weighted by Crippen LogP contribution is 2.24. The lowest BCUT2D eigenvalue weighted by Gasteiger charge is -2.31. The van der Waals surface area contributed by atoms with Crippen LogP contribution in [0.25, 0.3) is 0 Å². The van der Waals surface area contributed by atoms with Gasteiger partial charge in [-0.15, -0.1) is 0 Å². The summed E-state index contributed by atoms with van der Waals surface area (Å²) < 4.78 is 26.8. The van der Waals surface area contributed by atoms with Crippen LogP contribution in [0.5, 0.6) is 0 Å². The van der Waals surface area contributed by atoms with Crippen LogP contribution < -0.4 is 5.32 Å². The highest BCUT2D eigenvalue weighted by Gasteiger charge is 2.31. The molecule has 0 spiro atoms. The first kappa shape index (κ1) is 26.1. The Hall–Kier alpha value is -2.13. The number of nitrogens with zero attached hydrogens (tertiary/aromatic N) is 2. The van der Waals surface area contributed by atoms with E-state index in [1.54, 1.807) is 37.3 Å². The predicted octanol–water partition coefficient (Wildman–Crippen LogP) is 3.48. The minimum absolute atomic E-state index is 0.0695. The van der Waals surface area contributed by atoms with Crippen molar-refractivity contribution in [1.29, 1.82) is 0 Å². The molecule has 0 aliphatic rings. The average Bonchev–Trinajstić information content (AvgIpc) is 2.75. The Morgan fingerprint density at radius 3 is 2.22 bits per heavy atom. The fourth-order valence-corrected chi connectivity index (χ4v) is 4.62. The van der Waals surface area contributed by atoms with Gasteiger partial charge in [0.05, 0.1) is 21.5 Å². The molecule has 2 rings (SSSR count). The number of sulfonamides is 1. The van der Waals surface area contributed by atoms with E-state index in [2.05, 4.69) is 5.32 Å². The Morgan fingerprint density at radius 2 is 1.69 bits per heavy atom. The van der Waals surface area contributed by atoms with Crippen molar-refractivity contribution in [3.63, 3.8) is 0 Å². The molecule has 0 bridgehead atoms. The van der Waals surface area contributed by atoms with Gasteiger partial charge in [-0.1, -0.05) is 53.9 Å². The smallest absolute Gasteiger partial charge is 0.243 e. The number of benzene rings is 2. The standard InChI is InChI=1S/C22H27Cl2N3O4S/c1-5-20(22(29)25-3)27(13-16-8-11-18(23)19(24)12-16)21(28)14-26(4)32(30,31)17-9-6-15(2)7-10-17/h6-12,20H,5,13-14H2,1-4H3,(H,25,29). The van der Waals surface area contributed by atoms with E-state index in [-0.39, 0.29) is 17.3 Å². The molecule has 2 aromatic rings. The molecule has 10 heteroatoms. The number of likely N-dealkylation sites (N-methyl/N-ethyl adjacent to an activating group) is 2. The Morgan fingerprint density at radius 1 is 1.06 bits per heavy atom. The second kappa shape index (κ2) is 11.1. The van der Waals surface area contributed by atoms with Crippen LogP contribution in [0.4, 0.5) is 0 Å². The van der Waals surface area contributed by atoms with Crippen molar-refractivity contribution in [3.05, 3.63) is 63.6 Å². The molecule has 0 fully saturated rings. The maximum absolute atomic E-state index is 13.2. The van der Waals surface area contributed by atoms with E-state index in [0.29, 0.717) is 22.0 Å². The normalized spacial score (nSPS) is 12.5. The van der Waals surface area contributed by atoms with Crippen molar-refractivity contribution < 1.29 is 18.0 Å². The number of amides is 2. The Kier molecular flexibility index (Phi) is 9.09. The molecule has 0 radical (unpaired) electrons. The molecule has 0 aromatic heterocycles. The number of carbonyl (C=O) groups is 2. The van der Waals surface area contributed by atoms with Crippen LogP contribution >= 0.6 is 23.2 Å². The van der Waals surface area contributed by atoms with Gasteiger partial charge in [-0.25, -0.2) is 8.42 Å². The van der Waals surface area contributed by atoms with Crippen molar-refractivity contribution in [2.45, 2.75) is 37.8 Å². The first-order chi connectivity index (χ1) is 15.0. The van der Waals surface area contributed by atoms with Crippen molar-refractivity contribution in [2.24, 2.45) is 0 Å². The highest BCUT2D eigenvalue weighted by atomic mass is 35.5. The Labute approximate surface area is 199 Å². The average molecular weight is 500 g/mol. The Balaban J connectivity index is 2.32. The van der Waals surface area contributed by atoms with Crippen LogP contribution in [0, 0.1) is 6.92 Å². The summed E-state index contributed by atoms with van der Waals surface area (Å²) in [5, 5.41) is 3.25. The van der Waals surface area contributed by atoms with E-state index in [1.807, 2.05) is 6.92 Å². The zero-order valence-corrected chi connectivity index (χ0v) is 20.8. The van der Waals surface area contributed by atoms with Crippen molar-refractivity contribution in [2.75, 3.05) is 20.6 Å². The third-order valence-corrected chi connectivity index (χ3v) is 7.61. The lowest BCUT2D eigenvalue weighted by atomic mass is 10.1. The van der Waals surface area contributed by atoms with E-state index >= 15 is 0 Å². The maximum Gasteiger partial charge on any atom is 0.243 e. The molecule has 1 unspecified atom stereocenters. The van der Waals surface area contributed by atoms with Crippen molar-refractivity contribution >= 4 is 45.0 Å².